The number of hydrogen-bond donors (Lipinski definition) is 2. The fourth-order valence-electron chi connectivity index (χ4n) is 3.33. The highest BCUT2D eigenvalue weighted by molar-refractivity contribution is 5.98. The zero-order chi connectivity index (χ0) is 20.3. The van der Waals surface area contributed by atoms with E-state index in [0.29, 0.717) is 23.4 Å². The molecular weight excluding hydrogens is 356 g/mol. The van der Waals surface area contributed by atoms with Crippen LogP contribution >= 0.6 is 0 Å². The second-order valence-electron chi connectivity index (χ2n) is 6.67. The maximum absolute atomic E-state index is 12.2. The van der Waals surface area contributed by atoms with Crippen molar-refractivity contribution in [1.29, 1.82) is 0 Å². The van der Waals surface area contributed by atoms with Gasteiger partial charge in [0.1, 0.15) is 5.69 Å². The topological polar surface area (TPSA) is 80.4 Å². The number of fused-ring (bicyclic) bond motifs is 1. The molecule has 0 aliphatic rings. The Morgan fingerprint density at radius 1 is 1.04 bits per heavy atom. The molecule has 2 N–H and O–H groups in total. The van der Waals surface area contributed by atoms with E-state index in [2.05, 4.69) is 47.6 Å². The summed E-state index contributed by atoms with van der Waals surface area (Å²) in [7, 11) is 2.63. The maximum Gasteiger partial charge on any atom is 0.354 e. The molecular formula is C22H24N2O4. The van der Waals surface area contributed by atoms with Crippen LogP contribution in [0, 0.1) is 6.92 Å². The van der Waals surface area contributed by atoms with Crippen molar-refractivity contribution in [3.8, 4) is 0 Å². The highest BCUT2D eigenvalue weighted by Gasteiger charge is 2.25. The van der Waals surface area contributed by atoms with Crippen molar-refractivity contribution in [1.82, 2.24) is 10.3 Å². The Morgan fingerprint density at radius 3 is 2.39 bits per heavy atom. The third kappa shape index (κ3) is 3.77. The van der Waals surface area contributed by atoms with Crippen molar-refractivity contribution >= 4 is 22.7 Å². The molecule has 0 aliphatic heterocycles. The van der Waals surface area contributed by atoms with Crippen molar-refractivity contribution in [2.75, 3.05) is 14.2 Å². The number of nitrogens with one attached hydrogen (secondary N) is 2. The van der Waals surface area contributed by atoms with Gasteiger partial charge >= 0.3 is 11.9 Å². The van der Waals surface area contributed by atoms with Crippen molar-refractivity contribution in [3.63, 3.8) is 0 Å². The first-order chi connectivity index (χ1) is 13.5. The van der Waals surface area contributed by atoms with Crippen LogP contribution in [-0.2, 0) is 16.0 Å². The molecule has 1 aromatic heterocycles. The molecule has 0 unspecified atom stereocenters. The van der Waals surface area contributed by atoms with E-state index >= 15 is 0 Å². The third-order valence-electron chi connectivity index (χ3n) is 4.97. The van der Waals surface area contributed by atoms with Crippen LogP contribution in [-0.4, -0.2) is 31.1 Å². The predicted octanol–water partition coefficient (Wildman–Crippen LogP) is 3.90. The van der Waals surface area contributed by atoms with Gasteiger partial charge < -0.3 is 19.8 Å². The molecule has 0 aliphatic carbocycles. The summed E-state index contributed by atoms with van der Waals surface area (Å²) in [5.74, 6) is -1.00. The lowest BCUT2D eigenvalue weighted by Crippen LogP contribution is -2.20. The number of H-pyrrole nitrogens is 1. The van der Waals surface area contributed by atoms with Gasteiger partial charge in [-0.15, -0.1) is 0 Å². The number of rotatable bonds is 6. The average molecular weight is 380 g/mol. The number of esters is 2. The Kier molecular flexibility index (Phi) is 5.80. The smallest absolute Gasteiger partial charge is 0.354 e. The molecule has 0 radical (unpaired) electrons. The summed E-state index contributed by atoms with van der Waals surface area (Å²) in [5.41, 5.74) is 2.88. The predicted molar refractivity (Wildman–Crippen MR) is 107 cm³/mol. The van der Waals surface area contributed by atoms with E-state index in [1.165, 1.54) is 25.0 Å². The number of methoxy groups -OCH3 is 2. The minimum atomic E-state index is -0.517. The van der Waals surface area contributed by atoms with Crippen LogP contribution in [0.25, 0.3) is 10.8 Å². The number of carbonyl (C=O) groups excluding carboxylic acids is 2. The highest BCUT2D eigenvalue weighted by Crippen LogP contribution is 2.23. The van der Waals surface area contributed by atoms with Crippen LogP contribution in [0.5, 0.6) is 0 Å². The van der Waals surface area contributed by atoms with E-state index in [4.69, 9.17) is 9.47 Å². The van der Waals surface area contributed by atoms with Gasteiger partial charge in [-0.2, -0.15) is 0 Å². The van der Waals surface area contributed by atoms with Gasteiger partial charge in [-0.05, 0) is 41.8 Å². The summed E-state index contributed by atoms with van der Waals surface area (Å²) in [6, 6.07) is 14.6. The minimum absolute atomic E-state index is 0.0419. The number of carbonyl (C=O) groups is 2. The van der Waals surface area contributed by atoms with Gasteiger partial charge in [-0.1, -0.05) is 36.4 Å². The van der Waals surface area contributed by atoms with Gasteiger partial charge in [0.2, 0.25) is 0 Å². The number of benzene rings is 2. The van der Waals surface area contributed by atoms with E-state index < -0.39 is 11.9 Å². The molecule has 6 nitrogen and oxygen atoms in total. The zero-order valence-corrected chi connectivity index (χ0v) is 16.5. The monoisotopic (exact) mass is 380 g/mol. The molecule has 0 saturated carbocycles. The van der Waals surface area contributed by atoms with Gasteiger partial charge in [0.05, 0.1) is 19.8 Å². The van der Waals surface area contributed by atoms with Crippen molar-refractivity contribution < 1.29 is 19.1 Å². The first-order valence-corrected chi connectivity index (χ1v) is 9.06. The Bertz CT molecular complexity index is 1020. The molecule has 0 fully saturated rings. The second kappa shape index (κ2) is 8.27. The van der Waals surface area contributed by atoms with Crippen LogP contribution < -0.4 is 5.32 Å². The summed E-state index contributed by atoms with van der Waals surface area (Å²) in [4.78, 5) is 27.2. The van der Waals surface area contributed by atoms with Gasteiger partial charge in [-0.3, -0.25) is 0 Å². The first kappa shape index (κ1) is 19.6. The van der Waals surface area contributed by atoms with Gasteiger partial charge in [0.15, 0.2) is 0 Å². The van der Waals surface area contributed by atoms with E-state index in [1.807, 2.05) is 12.1 Å². The number of aromatic nitrogens is 1. The van der Waals surface area contributed by atoms with Crippen LogP contribution in [0.2, 0.25) is 0 Å². The van der Waals surface area contributed by atoms with Crippen LogP contribution in [0.4, 0.5) is 0 Å². The molecule has 146 valence electrons. The Labute approximate surface area is 163 Å². The Hall–Kier alpha value is -3.12. The Balaban J connectivity index is 1.84. The molecule has 28 heavy (non-hydrogen) atoms. The van der Waals surface area contributed by atoms with Gasteiger partial charge in [0.25, 0.3) is 0 Å². The van der Waals surface area contributed by atoms with Crippen LogP contribution in [0.3, 0.4) is 0 Å². The van der Waals surface area contributed by atoms with Crippen molar-refractivity contribution in [2.45, 2.75) is 26.4 Å². The summed E-state index contributed by atoms with van der Waals surface area (Å²) in [5, 5.41) is 5.77. The molecule has 3 rings (SSSR count). The van der Waals surface area contributed by atoms with Gasteiger partial charge in [-0.25, -0.2) is 9.59 Å². The molecule has 0 spiro atoms. The quantitative estimate of drug-likeness (QED) is 0.634. The average Bonchev–Trinajstić information content (AvgIpc) is 3.06. The van der Waals surface area contributed by atoms with E-state index in [9.17, 15) is 9.59 Å². The van der Waals surface area contributed by atoms with Crippen molar-refractivity contribution in [2.24, 2.45) is 0 Å². The molecule has 2 aromatic carbocycles. The minimum Gasteiger partial charge on any atom is -0.465 e. The largest absolute Gasteiger partial charge is 0.465 e. The van der Waals surface area contributed by atoms with Crippen LogP contribution in [0.15, 0.2) is 42.5 Å². The second-order valence-corrected chi connectivity index (χ2v) is 6.67. The van der Waals surface area contributed by atoms with E-state index in [0.717, 1.165) is 5.56 Å². The molecule has 6 heteroatoms. The molecule has 0 amide bonds. The lowest BCUT2D eigenvalue weighted by Gasteiger charge is -2.15. The highest BCUT2D eigenvalue weighted by atomic mass is 16.5. The van der Waals surface area contributed by atoms with Gasteiger partial charge in [0, 0.05) is 18.3 Å². The lowest BCUT2D eigenvalue weighted by atomic mass is 10.0. The Morgan fingerprint density at radius 2 is 1.71 bits per heavy atom. The molecule has 1 atom stereocenters. The molecule has 0 bridgehead atoms. The lowest BCUT2D eigenvalue weighted by molar-refractivity contribution is 0.0592. The van der Waals surface area contributed by atoms with Crippen LogP contribution in [0.1, 0.15) is 50.6 Å². The van der Waals surface area contributed by atoms with E-state index in [-0.39, 0.29) is 11.7 Å². The summed E-state index contributed by atoms with van der Waals surface area (Å²) >= 11 is 0. The fraction of sp³-hybridized carbons (Fsp3) is 0.273. The number of ether oxygens (including phenoxy) is 2. The normalized spacial score (nSPS) is 12.0. The maximum atomic E-state index is 12.2. The summed E-state index contributed by atoms with van der Waals surface area (Å²) in [6.45, 7) is 4.13. The third-order valence-corrected chi connectivity index (χ3v) is 4.97. The van der Waals surface area contributed by atoms with Crippen molar-refractivity contribution in [3.05, 3.63) is 70.5 Å². The van der Waals surface area contributed by atoms with E-state index in [1.54, 1.807) is 6.92 Å². The summed E-state index contributed by atoms with van der Waals surface area (Å²) in [6.07, 6.45) is 0. The molecule has 3 aromatic rings. The first-order valence-electron chi connectivity index (χ1n) is 9.06. The number of aromatic amines is 1. The SMILES string of the molecule is COC(=O)c1[nH]c(CN[C@@H](C)c2ccc3ccccc3c2)c(C(=O)OC)c1C. The zero-order valence-electron chi connectivity index (χ0n) is 16.5. The summed E-state index contributed by atoms with van der Waals surface area (Å²) < 4.78 is 9.68. The molecule has 1 heterocycles. The molecule has 0 saturated heterocycles. The number of hydrogen-bond acceptors (Lipinski definition) is 5. The standard InChI is InChI=1S/C22H24N2O4/c1-13-19(21(25)27-3)18(24-20(13)22(26)28-4)12-23-14(2)16-10-9-15-7-5-6-8-17(15)11-16/h5-11,14,23-24H,12H2,1-4H3/t14-/m0/s1. The fourth-order valence-corrected chi connectivity index (χ4v) is 3.33.